The smallest absolute Gasteiger partial charge is 0.169 e. The standard InChI is InChI=1S/C24H20N2OS/c27-21-13-11-17(12-14-21)15-20-16-26-22(18-7-3-1-4-8-18)23(28-24(26)25-20)19-9-5-2-6-10-19/h1-14,20,27H,15-16H2/t20-/m0/s1. The number of hydrogen-bond donors (Lipinski definition) is 1. The number of phenolic OH excluding ortho intramolecular Hbond substituents is 1. The van der Waals surface area contributed by atoms with Crippen LogP contribution < -0.4 is 0 Å². The van der Waals surface area contributed by atoms with Crippen molar-refractivity contribution in [2.75, 3.05) is 6.54 Å². The number of hydrogen-bond acceptors (Lipinski definition) is 4. The van der Waals surface area contributed by atoms with Gasteiger partial charge in [-0.1, -0.05) is 72.8 Å². The number of phenols is 1. The summed E-state index contributed by atoms with van der Waals surface area (Å²) in [7, 11) is 0. The largest absolute Gasteiger partial charge is 0.508 e. The molecule has 4 heteroatoms. The number of amidine groups is 1. The first-order chi connectivity index (χ1) is 13.8. The molecule has 0 amide bonds. The second-order valence-electron chi connectivity index (χ2n) is 7.06. The molecule has 5 rings (SSSR count). The summed E-state index contributed by atoms with van der Waals surface area (Å²) in [6.45, 7) is 0.879. The summed E-state index contributed by atoms with van der Waals surface area (Å²) in [5.74, 6) is 0.305. The van der Waals surface area contributed by atoms with Crippen molar-refractivity contribution < 1.29 is 5.11 Å². The number of aliphatic imine (C=N–C) groups is 1. The van der Waals surface area contributed by atoms with Crippen LogP contribution in [0.1, 0.15) is 16.7 Å². The van der Waals surface area contributed by atoms with Gasteiger partial charge in [0.1, 0.15) is 5.75 Å². The third-order valence-electron chi connectivity index (χ3n) is 5.09. The number of thioether (sulfide) groups is 1. The van der Waals surface area contributed by atoms with E-state index in [0.29, 0.717) is 5.75 Å². The Morgan fingerprint density at radius 3 is 2.18 bits per heavy atom. The molecule has 3 aromatic carbocycles. The van der Waals surface area contributed by atoms with E-state index in [9.17, 15) is 5.11 Å². The molecule has 28 heavy (non-hydrogen) atoms. The van der Waals surface area contributed by atoms with Crippen LogP contribution >= 0.6 is 11.8 Å². The SMILES string of the molecule is Oc1ccc(C[C@H]2CN3C(=N2)SC(c2ccccc2)=C3c2ccccc2)cc1. The van der Waals surface area contributed by atoms with E-state index in [2.05, 4.69) is 65.6 Å². The molecule has 0 radical (unpaired) electrons. The molecule has 0 unspecified atom stereocenters. The predicted molar refractivity (Wildman–Crippen MR) is 117 cm³/mol. The molecule has 2 aliphatic heterocycles. The number of fused-ring (bicyclic) bond motifs is 1. The average molecular weight is 385 g/mol. The summed E-state index contributed by atoms with van der Waals surface area (Å²) in [6, 6.07) is 28.8. The van der Waals surface area contributed by atoms with Crippen LogP contribution in [0.15, 0.2) is 89.9 Å². The summed E-state index contributed by atoms with van der Waals surface area (Å²) in [5, 5.41) is 10.6. The minimum Gasteiger partial charge on any atom is -0.508 e. The fourth-order valence-electron chi connectivity index (χ4n) is 3.77. The minimum absolute atomic E-state index is 0.225. The van der Waals surface area contributed by atoms with E-state index in [1.165, 1.54) is 27.3 Å². The lowest BCUT2D eigenvalue weighted by molar-refractivity contribution is 0.475. The van der Waals surface area contributed by atoms with E-state index in [1.807, 2.05) is 12.1 Å². The highest BCUT2D eigenvalue weighted by molar-refractivity contribution is 8.22. The van der Waals surface area contributed by atoms with Gasteiger partial charge in [-0.15, -0.1) is 0 Å². The summed E-state index contributed by atoms with van der Waals surface area (Å²) >= 11 is 1.77. The molecule has 2 heterocycles. The predicted octanol–water partition coefficient (Wildman–Crippen LogP) is 5.25. The van der Waals surface area contributed by atoms with Crippen LogP contribution in [-0.4, -0.2) is 27.8 Å². The Morgan fingerprint density at radius 1 is 0.857 bits per heavy atom. The maximum Gasteiger partial charge on any atom is 0.169 e. The zero-order chi connectivity index (χ0) is 18.9. The van der Waals surface area contributed by atoms with Crippen LogP contribution in [0.25, 0.3) is 10.6 Å². The Kier molecular flexibility index (Phi) is 4.41. The monoisotopic (exact) mass is 384 g/mol. The van der Waals surface area contributed by atoms with Crippen LogP contribution in [0.2, 0.25) is 0 Å². The van der Waals surface area contributed by atoms with E-state index in [4.69, 9.17) is 4.99 Å². The van der Waals surface area contributed by atoms with Crippen LogP contribution in [0.4, 0.5) is 0 Å². The second-order valence-corrected chi connectivity index (χ2v) is 8.04. The molecule has 3 nitrogen and oxygen atoms in total. The van der Waals surface area contributed by atoms with Gasteiger partial charge >= 0.3 is 0 Å². The molecule has 1 atom stereocenters. The Hall–Kier alpha value is -2.98. The van der Waals surface area contributed by atoms with E-state index in [-0.39, 0.29) is 6.04 Å². The maximum atomic E-state index is 9.50. The van der Waals surface area contributed by atoms with Crippen LogP contribution in [-0.2, 0) is 6.42 Å². The van der Waals surface area contributed by atoms with E-state index < -0.39 is 0 Å². The molecule has 0 aliphatic carbocycles. The Labute approximate surface area is 169 Å². The molecule has 138 valence electrons. The van der Waals surface area contributed by atoms with Gasteiger partial charge < -0.3 is 10.0 Å². The molecular weight excluding hydrogens is 364 g/mol. The Morgan fingerprint density at radius 2 is 1.50 bits per heavy atom. The average Bonchev–Trinajstić information content (AvgIpc) is 3.28. The van der Waals surface area contributed by atoms with Crippen molar-refractivity contribution >= 4 is 27.5 Å². The molecular formula is C24H20N2OS. The summed E-state index contributed by atoms with van der Waals surface area (Å²) in [6.07, 6.45) is 0.879. The van der Waals surface area contributed by atoms with Crippen molar-refractivity contribution in [2.45, 2.75) is 12.5 Å². The van der Waals surface area contributed by atoms with Gasteiger partial charge in [0.05, 0.1) is 11.7 Å². The molecule has 0 fully saturated rings. The van der Waals surface area contributed by atoms with Gasteiger partial charge in [-0.2, -0.15) is 0 Å². The van der Waals surface area contributed by atoms with Gasteiger partial charge in [0.15, 0.2) is 5.17 Å². The topological polar surface area (TPSA) is 35.8 Å². The number of nitrogens with zero attached hydrogens (tertiary/aromatic N) is 2. The first kappa shape index (κ1) is 17.1. The lowest BCUT2D eigenvalue weighted by Gasteiger charge is -2.19. The van der Waals surface area contributed by atoms with Gasteiger partial charge in [0.2, 0.25) is 0 Å². The zero-order valence-electron chi connectivity index (χ0n) is 15.3. The first-order valence-electron chi connectivity index (χ1n) is 9.44. The highest BCUT2D eigenvalue weighted by atomic mass is 32.2. The highest BCUT2D eigenvalue weighted by Gasteiger charge is 2.37. The van der Waals surface area contributed by atoms with Crippen molar-refractivity contribution in [3.05, 3.63) is 102 Å². The molecule has 0 aromatic heterocycles. The van der Waals surface area contributed by atoms with Crippen LogP contribution in [0, 0.1) is 0 Å². The Bertz CT molecular complexity index is 1040. The number of aromatic hydroxyl groups is 1. The van der Waals surface area contributed by atoms with Gasteiger partial charge in [-0.05, 0) is 47.0 Å². The third kappa shape index (κ3) is 3.20. The maximum absolute atomic E-state index is 9.50. The Balaban J connectivity index is 1.47. The van der Waals surface area contributed by atoms with Crippen molar-refractivity contribution in [3.63, 3.8) is 0 Å². The third-order valence-corrected chi connectivity index (χ3v) is 6.23. The van der Waals surface area contributed by atoms with E-state index >= 15 is 0 Å². The molecule has 0 saturated carbocycles. The molecule has 2 aliphatic rings. The lowest BCUT2D eigenvalue weighted by atomic mass is 10.0. The summed E-state index contributed by atoms with van der Waals surface area (Å²) < 4.78 is 0. The number of rotatable bonds is 4. The van der Waals surface area contributed by atoms with Crippen molar-refractivity contribution in [2.24, 2.45) is 4.99 Å². The number of benzene rings is 3. The highest BCUT2D eigenvalue weighted by Crippen LogP contribution is 2.47. The van der Waals surface area contributed by atoms with Gasteiger partial charge in [0, 0.05) is 11.4 Å². The second kappa shape index (κ2) is 7.21. The lowest BCUT2D eigenvalue weighted by Crippen LogP contribution is -2.24. The van der Waals surface area contributed by atoms with E-state index in [0.717, 1.165) is 18.1 Å². The van der Waals surface area contributed by atoms with Gasteiger partial charge in [-0.25, -0.2) is 0 Å². The van der Waals surface area contributed by atoms with Crippen LogP contribution in [0.5, 0.6) is 5.75 Å². The fourth-order valence-corrected chi connectivity index (χ4v) is 5.01. The molecule has 0 saturated heterocycles. The first-order valence-corrected chi connectivity index (χ1v) is 10.3. The van der Waals surface area contributed by atoms with Crippen LogP contribution in [0.3, 0.4) is 0 Å². The van der Waals surface area contributed by atoms with Crippen molar-refractivity contribution in [3.8, 4) is 5.75 Å². The summed E-state index contributed by atoms with van der Waals surface area (Å²) in [4.78, 5) is 8.66. The molecule has 3 aromatic rings. The van der Waals surface area contributed by atoms with E-state index in [1.54, 1.807) is 23.9 Å². The normalized spacial score (nSPS) is 18.4. The quantitative estimate of drug-likeness (QED) is 0.667. The van der Waals surface area contributed by atoms with Gasteiger partial charge in [0.25, 0.3) is 0 Å². The van der Waals surface area contributed by atoms with Crippen molar-refractivity contribution in [1.82, 2.24) is 4.90 Å². The zero-order valence-corrected chi connectivity index (χ0v) is 16.1. The molecule has 0 bridgehead atoms. The minimum atomic E-state index is 0.225. The molecule has 0 spiro atoms. The van der Waals surface area contributed by atoms with Crippen molar-refractivity contribution in [1.29, 1.82) is 0 Å². The molecule has 1 N–H and O–H groups in total. The fraction of sp³-hybridized carbons (Fsp3) is 0.125. The van der Waals surface area contributed by atoms with Gasteiger partial charge in [-0.3, -0.25) is 4.99 Å². The summed E-state index contributed by atoms with van der Waals surface area (Å²) in [5.41, 5.74) is 4.92.